The Hall–Kier alpha value is -4.71. The molecule has 11 nitrogen and oxygen atoms in total. The number of amides is 1. The molecule has 1 heterocycles. The molecule has 1 aromatic heterocycles. The zero-order valence-corrected chi connectivity index (χ0v) is 21.3. The highest BCUT2D eigenvalue weighted by Gasteiger charge is 2.18. The number of nitrogens with zero attached hydrogens (tertiary/aromatic N) is 2. The number of ether oxygens (including phenoxy) is 3. The molecule has 0 aliphatic heterocycles. The van der Waals surface area contributed by atoms with Crippen molar-refractivity contribution in [3.63, 3.8) is 0 Å². The topological polar surface area (TPSA) is 146 Å². The summed E-state index contributed by atoms with van der Waals surface area (Å²) in [5.41, 5.74) is 0.803. The van der Waals surface area contributed by atoms with Gasteiger partial charge in [-0.15, -0.1) is 0 Å². The van der Waals surface area contributed by atoms with Crippen LogP contribution in [-0.4, -0.2) is 44.2 Å². The SMILES string of the molecule is CCCOC(=O)Nc1ccc(NS(=O)(=O)c2ccc(OC(=O)c3ncc(OC)cn3)cc2)c2ccccc12. The normalized spacial score (nSPS) is 11.0. The molecule has 0 bridgehead atoms. The fourth-order valence-corrected chi connectivity index (χ4v) is 4.49. The van der Waals surface area contributed by atoms with Gasteiger partial charge in [0.1, 0.15) is 5.75 Å². The van der Waals surface area contributed by atoms with E-state index in [1.807, 2.05) is 6.92 Å². The first-order chi connectivity index (χ1) is 18.3. The number of sulfonamides is 1. The Balaban J connectivity index is 1.50. The second-order valence-corrected chi connectivity index (χ2v) is 9.56. The minimum Gasteiger partial charge on any atom is -0.494 e. The lowest BCUT2D eigenvalue weighted by Crippen LogP contribution is -2.16. The number of methoxy groups -OCH3 is 1. The zero-order valence-electron chi connectivity index (χ0n) is 20.5. The van der Waals surface area contributed by atoms with Gasteiger partial charge < -0.3 is 14.2 Å². The monoisotopic (exact) mass is 536 g/mol. The molecule has 196 valence electrons. The summed E-state index contributed by atoms with van der Waals surface area (Å²) in [6, 6.07) is 15.5. The smallest absolute Gasteiger partial charge is 0.411 e. The van der Waals surface area contributed by atoms with Crippen molar-refractivity contribution in [2.45, 2.75) is 18.2 Å². The minimum absolute atomic E-state index is 0.0487. The predicted molar refractivity (Wildman–Crippen MR) is 140 cm³/mol. The number of fused-ring (bicyclic) bond motifs is 1. The quantitative estimate of drug-likeness (QED) is 0.231. The molecule has 0 saturated heterocycles. The highest BCUT2D eigenvalue weighted by Crippen LogP contribution is 2.32. The standard InChI is InChI=1S/C26H24N4O7S/c1-3-14-36-26(32)29-22-12-13-23(21-7-5-4-6-20(21)22)30-38(33,34)19-10-8-17(9-11-19)37-25(31)24-27-15-18(35-2)16-28-24/h4-13,15-16,30H,3,14H2,1-2H3,(H,29,32). The summed E-state index contributed by atoms with van der Waals surface area (Å²) in [5.74, 6) is -0.478. The van der Waals surface area contributed by atoms with E-state index >= 15 is 0 Å². The van der Waals surface area contributed by atoms with Crippen molar-refractivity contribution in [2.24, 2.45) is 0 Å². The van der Waals surface area contributed by atoms with Crippen molar-refractivity contribution < 1.29 is 32.2 Å². The number of carbonyl (C=O) groups is 2. The lowest BCUT2D eigenvalue weighted by Gasteiger charge is -2.14. The van der Waals surface area contributed by atoms with E-state index in [9.17, 15) is 18.0 Å². The average molecular weight is 537 g/mol. The second kappa shape index (κ2) is 11.6. The fourth-order valence-electron chi connectivity index (χ4n) is 3.41. The molecule has 4 aromatic rings. The maximum Gasteiger partial charge on any atom is 0.411 e. The molecule has 0 saturated carbocycles. The number of rotatable bonds is 9. The molecule has 4 rings (SSSR count). The number of nitrogens with one attached hydrogen (secondary N) is 2. The summed E-state index contributed by atoms with van der Waals surface area (Å²) in [4.78, 5) is 32.0. The highest BCUT2D eigenvalue weighted by molar-refractivity contribution is 7.92. The van der Waals surface area contributed by atoms with E-state index in [1.165, 1.54) is 43.8 Å². The van der Waals surface area contributed by atoms with Gasteiger partial charge in [0.25, 0.3) is 10.0 Å². The molecular weight excluding hydrogens is 512 g/mol. The first-order valence-electron chi connectivity index (χ1n) is 11.5. The Morgan fingerprint density at radius 3 is 2.13 bits per heavy atom. The summed E-state index contributed by atoms with van der Waals surface area (Å²) < 4.78 is 44.0. The van der Waals surface area contributed by atoms with Crippen molar-refractivity contribution in [3.8, 4) is 11.5 Å². The number of carbonyl (C=O) groups excluding carboxylic acids is 2. The van der Waals surface area contributed by atoms with Crippen LogP contribution in [0, 0.1) is 0 Å². The van der Waals surface area contributed by atoms with Gasteiger partial charge in [-0.2, -0.15) is 0 Å². The number of anilines is 2. The number of esters is 1. The van der Waals surface area contributed by atoms with Crippen LogP contribution in [0.2, 0.25) is 0 Å². The molecule has 3 aromatic carbocycles. The fraction of sp³-hybridized carbons (Fsp3) is 0.154. The number of benzene rings is 3. The Bertz CT molecular complexity index is 1560. The molecular formula is C26H24N4O7S. The molecule has 1 amide bonds. The predicted octanol–water partition coefficient (Wildman–Crippen LogP) is 4.62. The van der Waals surface area contributed by atoms with Gasteiger partial charge >= 0.3 is 12.1 Å². The van der Waals surface area contributed by atoms with Crippen molar-refractivity contribution in [3.05, 3.63) is 78.9 Å². The van der Waals surface area contributed by atoms with E-state index in [1.54, 1.807) is 36.4 Å². The summed E-state index contributed by atoms with van der Waals surface area (Å²) in [6.07, 6.45) is 2.75. The average Bonchev–Trinajstić information content (AvgIpc) is 2.93. The number of hydrogen-bond acceptors (Lipinski definition) is 9. The van der Waals surface area contributed by atoms with Crippen molar-refractivity contribution in [1.29, 1.82) is 0 Å². The Kier molecular flexibility index (Phi) is 8.02. The molecule has 0 radical (unpaired) electrons. The van der Waals surface area contributed by atoms with Gasteiger partial charge in [-0.1, -0.05) is 31.2 Å². The molecule has 0 fully saturated rings. The van der Waals surface area contributed by atoms with Gasteiger partial charge in [-0.25, -0.2) is 28.0 Å². The van der Waals surface area contributed by atoms with E-state index in [0.29, 0.717) is 34.3 Å². The molecule has 0 aliphatic carbocycles. The van der Waals surface area contributed by atoms with Crippen LogP contribution in [0.25, 0.3) is 10.8 Å². The summed E-state index contributed by atoms with van der Waals surface area (Å²) >= 11 is 0. The minimum atomic E-state index is -4.00. The van der Waals surface area contributed by atoms with Gasteiger partial charge in [0.2, 0.25) is 5.82 Å². The van der Waals surface area contributed by atoms with Crippen LogP contribution in [0.3, 0.4) is 0 Å². The third-order valence-corrected chi connectivity index (χ3v) is 6.61. The van der Waals surface area contributed by atoms with Crippen LogP contribution in [-0.2, 0) is 14.8 Å². The number of hydrogen-bond donors (Lipinski definition) is 2. The molecule has 0 aliphatic rings. The third-order valence-electron chi connectivity index (χ3n) is 5.23. The second-order valence-electron chi connectivity index (χ2n) is 7.88. The molecule has 12 heteroatoms. The van der Waals surface area contributed by atoms with Gasteiger partial charge in [0.15, 0.2) is 5.75 Å². The zero-order chi connectivity index (χ0) is 27.1. The van der Waals surface area contributed by atoms with Gasteiger partial charge in [-0.05, 0) is 42.8 Å². The molecule has 2 N–H and O–H groups in total. The van der Waals surface area contributed by atoms with E-state index in [-0.39, 0.29) is 23.1 Å². The summed E-state index contributed by atoms with van der Waals surface area (Å²) in [7, 11) is -2.55. The van der Waals surface area contributed by atoms with Crippen LogP contribution in [0.4, 0.5) is 16.2 Å². The third kappa shape index (κ3) is 6.16. The van der Waals surface area contributed by atoms with E-state index in [2.05, 4.69) is 20.0 Å². The van der Waals surface area contributed by atoms with E-state index in [0.717, 1.165) is 0 Å². The lowest BCUT2D eigenvalue weighted by molar-refractivity contribution is 0.0721. The Morgan fingerprint density at radius 1 is 0.868 bits per heavy atom. The number of aromatic nitrogens is 2. The van der Waals surface area contributed by atoms with Crippen LogP contribution < -0.4 is 19.5 Å². The van der Waals surface area contributed by atoms with Gasteiger partial charge in [0.05, 0.1) is 42.4 Å². The Morgan fingerprint density at radius 2 is 1.50 bits per heavy atom. The van der Waals surface area contributed by atoms with Crippen LogP contribution >= 0.6 is 0 Å². The van der Waals surface area contributed by atoms with Crippen LogP contribution in [0.5, 0.6) is 11.5 Å². The molecule has 38 heavy (non-hydrogen) atoms. The summed E-state index contributed by atoms with van der Waals surface area (Å²) in [5, 5.41) is 3.89. The molecule has 0 atom stereocenters. The van der Waals surface area contributed by atoms with E-state index < -0.39 is 22.1 Å². The van der Waals surface area contributed by atoms with E-state index in [4.69, 9.17) is 14.2 Å². The van der Waals surface area contributed by atoms with Gasteiger partial charge in [0, 0.05) is 10.8 Å². The van der Waals surface area contributed by atoms with Gasteiger partial charge in [-0.3, -0.25) is 10.0 Å². The maximum absolute atomic E-state index is 13.1. The van der Waals surface area contributed by atoms with Crippen LogP contribution in [0.1, 0.15) is 24.0 Å². The highest BCUT2D eigenvalue weighted by atomic mass is 32.2. The van der Waals surface area contributed by atoms with Crippen LogP contribution in [0.15, 0.2) is 78.0 Å². The first kappa shape index (κ1) is 26.4. The lowest BCUT2D eigenvalue weighted by atomic mass is 10.1. The molecule has 0 unspecified atom stereocenters. The van der Waals surface area contributed by atoms with Crippen molar-refractivity contribution in [2.75, 3.05) is 23.8 Å². The maximum atomic E-state index is 13.1. The summed E-state index contributed by atoms with van der Waals surface area (Å²) in [6.45, 7) is 2.18. The first-order valence-corrected chi connectivity index (χ1v) is 13.0. The largest absolute Gasteiger partial charge is 0.494 e. The Labute approximate surface area is 218 Å². The molecule has 0 spiro atoms. The van der Waals surface area contributed by atoms with Crippen molar-refractivity contribution in [1.82, 2.24) is 9.97 Å². The van der Waals surface area contributed by atoms with Crippen molar-refractivity contribution >= 4 is 44.2 Å².